The van der Waals surface area contributed by atoms with E-state index in [0.717, 1.165) is 27.9 Å². The van der Waals surface area contributed by atoms with Crippen molar-refractivity contribution >= 4 is 16.6 Å². The van der Waals surface area contributed by atoms with E-state index in [2.05, 4.69) is 11.2 Å². The van der Waals surface area contributed by atoms with Crippen LogP contribution in [-0.4, -0.2) is 9.78 Å². The highest BCUT2D eigenvalue weighted by atomic mass is 16.5. The Bertz CT molecular complexity index is 741. The Labute approximate surface area is 117 Å². The van der Waals surface area contributed by atoms with Crippen LogP contribution in [0, 0.1) is 6.92 Å². The number of ether oxygens (including phenoxy) is 1. The van der Waals surface area contributed by atoms with Gasteiger partial charge in [0.05, 0.1) is 11.2 Å². The summed E-state index contributed by atoms with van der Waals surface area (Å²) in [6.45, 7) is 2.40. The van der Waals surface area contributed by atoms with E-state index in [4.69, 9.17) is 10.5 Å². The second-order valence-electron chi connectivity index (χ2n) is 4.87. The van der Waals surface area contributed by atoms with Gasteiger partial charge < -0.3 is 10.5 Å². The Hall–Kier alpha value is -2.49. The van der Waals surface area contributed by atoms with Gasteiger partial charge in [0.1, 0.15) is 18.1 Å². The number of nitrogens with zero attached hydrogens (tertiary/aromatic N) is 2. The van der Waals surface area contributed by atoms with Crippen LogP contribution in [0.3, 0.4) is 0 Å². The summed E-state index contributed by atoms with van der Waals surface area (Å²) in [7, 11) is 1.94. The molecule has 0 saturated carbocycles. The largest absolute Gasteiger partial charge is 0.485 e. The molecule has 3 rings (SSSR count). The first kappa shape index (κ1) is 12.5. The molecule has 4 nitrogen and oxygen atoms in total. The summed E-state index contributed by atoms with van der Waals surface area (Å²) in [5, 5.41) is 5.63. The molecule has 0 spiro atoms. The van der Waals surface area contributed by atoms with Gasteiger partial charge in [-0.25, -0.2) is 0 Å². The van der Waals surface area contributed by atoms with Gasteiger partial charge in [0, 0.05) is 12.4 Å². The number of rotatable bonds is 3. The van der Waals surface area contributed by atoms with E-state index in [1.807, 2.05) is 55.1 Å². The van der Waals surface area contributed by atoms with Crippen molar-refractivity contribution in [2.75, 3.05) is 5.73 Å². The molecule has 0 fully saturated rings. The molecule has 102 valence electrons. The van der Waals surface area contributed by atoms with Crippen LogP contribution in [0.1, 0.15) is 11.3 Å². The molecule has 0 aliphatic carbocycles. The number of aromatic nitrogens is 2. The van der Waals surface area contributed by atoms with Crippen LogP contribution < -0.4 is 10.5 Å². The summed E-state index contributed by atoms with van der Waals surface area (Å²) in [6.07, 6.45) is 0. The third kappa shape index (κ3) is 2.09. The maximum atomic E-state index is 5.95. The van der Waals surface area contributed by atoms with Gasteiger partial charge in [-0.1, -0.05) is 30.3 Å². The Morgan fingerprint density at radius 2 is 1.95 bits per heavy atom. The first-order chi connectivity index (χ1) is 9.66. The van der Waals surface area contributed by atoms with Crippen molar-refractivity contribution in [2.24, 2.45) is 7.05 Å². The van der Waals surface area contributed by atoms with Gasteiger partial charge in [0.25, 0.3) is 0 Å². The van der Waals surface area contributed by atoms with Crippen LogP contribution in [0.4, 0.5) is 5.69 Å². The number of nitrogens with two attached hydrogens (primary N) is 1. The summed E-state index contributed by atoms with van der Waals surface area (Å²) >= 11 is 0. The smallest absolute Gasteiger partial charge is 0.145 e. The third-order valence-electron chi connectivity index (χ3n) is 3.43. The second-order valence-corrected chi connectivity index (χ2v) is 4.87. The SMILES string of the molecule is Cc1cccc(N)c1OCc1nn(C)c2ccccc12. The first-order valence-corrected chi connectivity index (χ1v) is 6.55. The summed E-state index contributed by atoms with van der Waals surface area (Å²) in [5.41, 5.74) is 9.67. The molecule has 3 aromatic rings. The number of fused-ring (bicyclic) bond motifs is 1. The predicted octanol–water partition coefficient (Wildman–Crippen LogP) is 3.04. The van der Waals surface area contributed by atoms with E-state index in [9.17, 15) is 0 Å². The molecule has 1 aromatic heterocycles. The van der Waals surface area contributed by atoms with Gasteiger partial charge >= 0.3 is 0 Å². The minimum atomic E-state index is 0.413. The van der Waals surface area contributed by atoms with Crippen molar-refractivity contribution in [3.63, 3.8) is 0 Å². The lowest BCUT2D eigenvalue weighted by Crippen LogP contribution is -2.02. The van der Waals surface area contributed by atoms with Crippen molar-refractivity contribution in [2.45, 2.75) is 13.5 Å². The van der Waals surface area contributed by atoms with Gasteiger partial charge in [-0.2, -0.15) is 5.10 Å². The van der Waals surface area contributed by atoms with Crippen LogP contribution >= 0.6 is 0 Å². The number of aryl methyl sites for hydroxylation is 2. The molecule has 0 radical (unpaired) electrons. The highest BCUT2D eigenvalue weighted by Gasteiger charge is 2.10. The van der Waals surface area contributed by atoms with Crippen molar-refractivity contribution in [3.8, 4) is 5.75 Å². The molecule has 0 amide bonds. The molecular formula is C16H17N3O. The Kier molecular flexibility index (Phi) is 3.06. The quantitative estimate of drug-likeness (QED) is 0.742. The Morgan fingerprint density at radius 3 is 2.75 bits per heavy atom. The standard InChI is InChI=1S/C16H17N3O/c1-11-6-5-8-13(17)16(11)20-10-14-12-7-3-4-9-15(12)19(2)18-14/h3-9H,10,17H2,1-2H3. The molecule has 0 bridgehead atoms. The molecule has 0 aliphatic rings. The van der Waals surface area contributed by atoms with Gasteiger partial charge in [-0.3, -0.25) is 4.68 Å². The van der Waals surface area contributed by atoms with Crippen LogP contribution in [0.25, 0.3) is 10.9 Å². The minimum Gasteiger partial charge on any atom is -0.485 e. The van der Waals surface area contributed by atoms with Gasteiger partial charge in [-0.05, 0) is 24.6 Å². The molecule has 20 heavy (non-hydrogen) atoms. The summed E-state index contributed by atoms with van der Waals surface area (Å²) in [5.74, 6) is 0.738. The molecule has 4 heteroatoms. The molecular weight excluding hydrogens is 250 g/mol. The number of hydrogen-bond acceptors (Lipinski definition) is 3. The zero-order valence-electron chi connectivity index (χ0n) is 11.6. The normalized spacial score (nSPS) is 10.9. The lowest BCUT2D eigenvalue weighted by Gasteiger charge is -2.10. The average molecular weight is 267 g/mol. The van der Waals surface area contributed by atoms with E-state index >= 15 is 0 Å². The number of nitrogen functional groups attached to an aromatic ring is 1. The Balaban J connectivity index is 1.91. The fraction of sp³-hybridized carbons (Fsp3) is 0.188. The molecule has 0 saturated heterocycles. The van der Waals surface area contributed by atoms with Crippen molar-refractivity contribution in [1.82, 2.24) is 9.78 Å². The fourth-order valence-electron chi connectivity index (χ4n) is 2.41. The van der Waals surface area contributed by atoms with E-state index in [0.29, 0.717) is 12.3 Å². The Morgan fingerprint density at radius 1 is 1.15 bits per heavy atom. The van der Waals surface area contributed by atoms with Crippen LogP contribution in [-0.2, 0) is 13.7 Å². The van der Waals surface area contributed by atoms with Crippen molar-refractivity contribution in [3.05, 3.63) is 53.7 Å². The van der Waals surface area contributed by atoms with Crippen molar-refractivity contribution in [1.29, 1.82) is 0 Å². The molecule has 0 aliphatic heterocycles. The van der Waals surface area contributed by atoms with E-state index < -0.39 is 0 Å². The first-order valence-electron chi connectivity index (χ1n) is 6.55. The van der Waals surface area contributed by atoms with Crippen molar-refractivity contribution < 1.29 is 4.74 Å². The number of hydrogen-bond donors (Lipinski definition) is 1. The fourth-order valence-corrected chi connectivity index (χ4v) is 2.41. The van der Waals surface area contributed by atoms with E-state index in [1.165, 1.54) is 0 Å². The van der Waals surface area contributed by atoms with Gasteiger partial charge in [0.2, 0.25) is 0 Å². The zero-order chi connectivity index (χ0) is 14.1. The average Bonchev–Trinajstić information content (AvgIpc) is 2.76. The molecule has 2 N–H and O–H groups in total. The predicted molar refractivity (Wildman–Crippen MR) is 80.6 cm³/mol. The molecule has 0 unspecified atom stereocenters. The number of para-hydroxylation sites is 2. The highest BCUT2D eigenvalue weighted by molar-refractivity contribution is 5.81. The molecule has 1 heterocycles. The van der Waals surface area contributed by atoms with Gasteiger partial charge in [-0.15, -0.1) is 0 Å². The second kappa shape index (κ2) is 4.89. The number of anilines is 1. The molecule has 2 aromatic carbocycles. The topological polar surface area (TPSA) is 53.1 Å². The van der Waals surface area contributed by atoms with Gasteiger partial charge in [0.15, 0.2) is 0 Å². The molecule has 0 atom stereocenters. The maximum Gasteiger partial charge on any atom is 0.145 e. The van der Waals surface area contributed by atoms with Crippen LogP contribution in [0.15, 0.2) is 42.5 Å². The van der Waals surface area contributed by atoms with Crippen LogP contribution in [0.5, 0.6) is 5.75 Å². The summed E-state index contributed by atoms with van der Waals surface area (Å²) in [4.78, 5) is 0. The maximum absolute atomic E-state index is 5.95. The minimum absolute atomic E-state index is 0.413. The van der Waals surface area contributed by atoms with E-state index in [-0.39, 0.29) is 0 Å². The third-order valence-corrected chi connectivity index (χ3v) is 3.43. The number of benzene rings is 2. The van der Waals surface area contributed by atoms with Crippen LogP contribution in [0.2, 0.25) is 0 Å². The summed E-state index contributed by atoms with van der Waals surface area (Å²) in [6, 6.07) is 13.9. The zero-order valence-corrected chi connectivity index (χ0v) is 11.6. The van der Waals surface area contributed by atoms with E-state index in [1.54, 1.807) is 0 Å². The summed E-state index contributed by atoms with van der Waals surface area (Å²) < 4.78 is 7.74. The monoisotopic (exact) mass is 267 g/mol. The lowest BCUT2D eigenvalue weighted by atomic mass is 10.2. The highest BCUT2D eigenvalue weighted by Crippen LogP contribution is 2.27. The lowest BCUT2D eigenvalue weighted by molar-refractivity contribution is 0.301.